The normalized spacial score (nSPS) is 10.6. The number of furan rings is 1. The van der Waals surface area contributed by atoms with E-state index in [0.29, 0.717) is 17.1 Å². The summed E-state index contributed by atoms with van der Waals surface area (Å²) in [7, 11) is 3.13. The van der Waals surface area contributed by atoms with E-state index in [4.69, 9.17) is 4.42 Å². The molecule has 0 spiro atoms. The molecule has 0 aliphatic heterocycles. The number of hydrogen-bond donors (Lipinski definition) is 1. The van der Waals surface area contributed by atoms with Gasteiger partial charge in [0.2, 0.25) is 5.91 Å². The Labute approximate surface area is 126 Å². The van der Waals surface area contributed by atoms with Gasteiger partial charge in [0.1, 0.15) is 10.6 Å². The van der Waals surface area contributed by atoms with Crippen molar-refractivity contribution in [2.45, 2.75) is 6.54 Å². The maximum atomic E-state index is 12.0. The number of anilines is 1. The van der Waals surface area contributed by atoms with E-state index in [2.05, 4.69) is 10.1 Å². The van der Waals surface area contributed by atoms with Crippen molar-refractivity contribution in [2.75, 3.05) is 26.0 Å². The van der Waals surface area contributed by atoms with Gasteiger partial charge in [-0.15, -0.1) is 11.3 Å². The minimum atomic E-state index is -0.454. The van der Waals surface area contributed by atoms with E-state index in [1.165, 1.54) is 18.4 Å². The fourth-order valence-electron chi connectivity index (χ4n) is 1.82. The summed E-state index contributed by atoms with van der Waals surface area (Å²) in [5, 5.41) is 4.45. The van der Waals surface area contributed by atoms with Crippen LogP contribution in [0.1, 0.15) is 15.4 Å². The molecule has 1 amide bonds. The van der Waals surface area contributed by atoms with E-state index >= 15 is 0 Å². The second-order valence-corrected chi connectivity index (χ2v) is 5.37. The highest BCUT2D eigenvalue weighted by molar-refractivity contribution is 7.12. The number of carbonyl (C=O) groups excluding carboxylic acids is 2. The zero-order chi connectivity index (χ0) is 15.2. The lowest BCUT2D eigenvalue weighted by molar-refractivity contribution is -0.117. The highest BCUT2D eigenvalue weighted by atomic mass is 32.1. The lowest BCUT2D eigenvalue weighted by atomic mass is 10.3. The maximum absolute atomic E-state index is 12.0. The van der Waals surface area contributed by atoms with E-state index in [1.54, 1.807) is 23.8 Å². The fourth-order valence-corrected chi connectivity index (χ4v) is 2.58. The van der Waals surface area contributed by atoms with Gasteiger partial charge in [0.15, 0.2) is 0 Å². The number of esters is 1. The Morgan fingerprint density at radius 3 is 2.90 bits per heavy atom. The van der Waals surface area contributed by atoms with Gasteiger partial charge in [-0.1, -0.05) is 0 Å². The third-order valence-electron chi connectivity index (χ3n) is 2.73. The largest absolute Gasteiger partial charge is 0.468 e. The van der Waals surface area contributed by atoms with Gasteiger partial charge in [-0.3, -0.25) is 9.69 Å². The van der Waals surface area contributed by atoms with Crippen LogP contribution in [0, 0.1) is 0 Å². The van der Waals surface area contributed by atoms with E-state index in [0.717, 1.165) is 5.76 Å². The molecule has 2 aromatic heterocycles. The predicted molar refractivity (Wildman–Crippen MR) is 79.3 cm³/mol. The summed E-state index contributed by atoms with van der Waals surface area (Å²) in [6.45, 7) is 0.727. The van der Waals surface area contributed by atoms with Crippen LogP contribution in [0.25, 0.3) is 0 Å². The molecule has 0 aliphatic carbocycles. The number of rotatable bonds is 6. The number of amides is 1. The van der Waals surface area contributed by atoms with Gasteiger partial charge < -0.3 is 14.5 Å². The first-order valence-corrected chi connectivity index (χ1v) is 7.14. The SMILES string of the molecule is COC(=O)c1sccc1NC(=O)CN(C)Cc1ccco1. The quantitative estimate of drug-likeness (QED) is 0.828. The highest BCUT2D eigenvalue weighted by Crippen LogP contribution is 2.23. The van der Waals surface area contributed by atoms with Crippen LogP contribution in [0.5, 0.6) is 0 Å². The molecule has 2 rings (SSSR count). The summed E-state index contributed by atoms with van der Waals surface area (Å²) in [5.74, 6) is 0.132. The van der Waals surface area contributed by atoms with Gasteiger partial charge in [-0.25, -0.2) is 4.79 Å². The lowest BCUT2D eigenvalue weighted by Crippen LogP contribution is -2.30. The molecule has 2 heterocycles. The first kappa shape index (κ1) is 15.3. The van der Waals surface area contributed by atoms with Gasteiger partial charge in [0.05, 0.1) is 32.1 Å². The Morgan fingerprint density at radius 2 is 2.24 bits per heavy atom. The number of nitrogens with zero attached hydrogens (tertiary/aromatic N) is 1. The van der Waals surface area contributed by atoms with E-state index in [1.807, 2.05) is 18.0 Å². The van der Waals surface area contributed by atoms with Crippen molar-refractivity contribution in [1.29, 1.82) is 0 Å². The number of carbonyl (C=O) groups is 2. The molecule has 0 radical (unpaired) electrons. The molecule has 0 saturated carbocycles. The average Bonchev–Trinajstić information content (AvgIpc) is 3.09. The van der Waals surface area contributed by atoms with Crippen LogP contribution in [-0.4, -0.2) is 37.5 Å². The number of hydrogen-bond acceptors (Lipinski definition) is 6. The van der Waals surface area contributed by atoms with Gasteiger partial charge >= 0.3 is 5.97 Å². The average molecular weight is 308 g/mol. The van der Waals surface area contributed by atoms with E-state index in [-0.39, 0.29) is 12.5 Å². The summed E-state index contributed by atoms with van der Waals surface area (Å²) in [6.07, 6.45) is 1.59. The third kappa shape index (κ3) is 4.17. The van der Waals surface area contributed by atoms with Crippen molar-refractivity contribution >= 4 is 28.9 Å². The lowest BCUT2D eigenvalue weighted by Gasteiger charge is -2.14. The molecular weight excluding hydrogens is 292 g/mol. The van der Waals surface area contributed by atoms with Crippen LogP contribution in [0.2, 0.25) is 0 Å². The third-order valence-corrected chi connectivity index (χ3v) is 3.62. The number of thiophene rings is 1. The molecular formula is C14H16N2O4S. The minimum Gasteiger partial charge on any atom is -0.468 e. The number of ether oxygens (including phenoxy) is 1. The smallest absolute Gasteiger partial charge is 0.350 e. The second kappa shape index (κ2) is 7.05. The van der Waals surface area contributed by atoms with Crippen molar-refractivity contribution in [3.8, 4) is 0 Å². The van der Waals surface area contributed by atoms with Crippen LogP contribution < -0.4 is 5.32 Å². The molecule has 112 valence electrons. The Hall–Kier alpha value is -2.12. The summed E-state index contributed by atoms with van der Waals surface area (Å²) in [6, 6.07) is 5.33. The zero-order valence-electron chi connectivity index (χ0n) is 11.8. The predicted octanol–water partition coefficient (Wildman–Crippen LogP) is 2.20. The Bertz CT molecular complexity index is 606. The maximum Gasteiger partial charge on any atom is 0.350 e. The molecule has 7 heteroatoms. The molecule has 0 bridgehead atoms. The molecule has 0 fully saturated rings. The highest BCUT2D eigenvalue weighted by Gasteiger charge is 2.16. The minimum absolute atomic E-state index is 0.192. The van der Waals surface area contributed by atoms with Crippen LogP contribution >= 0.6 is 11.3 Å². The molecule has 2 aromatic rings. The topological polar surface area (TPSA) is 71.8 Å². The Kier molecular flexibility index (Phi) is 5.13. The van der Waals surface area contributed by atoms with Gasteiger partial charge in [-0.05, 0) is 30.6 Å². The van der Waals surface area contributed by atoms with Gasteiger partial charge in [0, 0.05) is 0 Å². The Balaban J connectivity index is 1.90. The van der Waals surface area contributed by atoms with E-state index < -0.39 is 5.97 Å². The van der Waals surface area contributed by atoms with Crippen LogP contribution in [0.4, 0.5) is 5.69 Å². The summed E-state index contributed by atoms with van der Waals surface area (Å²) in [4.78, 5) is 25.7. The van der Waals surface area contributed by atoms with Crippen LogP contribution in [0.3, 0.4) is 0 Å². The van der Waals surface area contributed by atoms with Crippen LogP contribution in [0.15, 0.2) is 34.3 Å². The van der Waals surface area contributed by atoms with Crippen molar-refractivity contribution in [3.63, 3.8) is 0 Å². The van der Waals surface area contributed by atoms with Gasteiger partial charge in [0.25, 0.3) is 0 Å². The summed E-state index contributed by atoms with van der Waals surface area (Å²) >= 11 is 1.23. The van der Waals surface area contributed by atoms with E-state index in [9.17, 15) is 9.59 Å². The van der Waals surface area contributed by atoms with Crippen molar-refractivity contribution in [1.82, 2.24) is 4.90 Å². The molecule has 21 heavy (non-hydrogen) atoms. The first-order chi connectivity index (χ1) is 10.1. The molecule has 0 atom stereocenters. The zero-order valence-corrected chi connectivity index (χ0v) is 12.6. The molecule has 0 aromatic carbocycles. The van der Waals surface area contributed by atoms with Crippen molar-refractivity contribution < 1.29 is 18.7 Å². The Morgan fingerprint density at radius 1 is 1.43 bits per heavy atom. The molecule has 6 nitrogen and oxygen atoms in total. The van der Waals surface area contributed by atoms with Gasteiger partial charge in [-0.2, -0.15) is 0 Å². The number of likely N-dealkylation sites (N-methyl/N-ethyl adjacent to an activating group) is 1. The number of nitrogens with one attached hydrogen (secondary N) is 1. The molecule has 0 saturated heterocycles. The number of methoxy groups -OCH3 is 1. The molecule has 1 N–H and O–H groups in total. The molecule has 0 aliphatic rings. The summed E-state index contributed by atoms with van der Waals surface area (Å²) in [5.41, 5.74) is 0.475. The monoisotopic (exact) mass is 308 g/mol. The standard InChI is InChI=1S/C14H16N2O4S/c1-16(8-10-4-3-6-20-10)9-12(17)15-11-5-7-21-13(11)14(18)19-2/h3-7H,8-9H2,1-2H3,(H,15,17). The van der Waals surface area contributed by atoms with Crippen LogP contribution in [-0.2, 0) is 16.1 Å². The first-order valence-electron chi connectivity index (χ1n) is 6.26. The second-order valence-electron chi connectivity index (χ2n) is 4.45. The van der Waals surface area contributed by atoms with Crippen molar-refractivity contribution in [3.05, 3.63) is 40.5 Å². The summed E-state index contributed by atoms with van der Waals surface area (Å²) < 4.78 is 9.89. The van der Waals surface area contributed by atoms with Crippen molar-refractivity contribution in [2.24, 2.45) is 0 Å². The fraction of sp³-hybridized carbons (Fsp3) is 0.286. The molecule has 0 unspecified atom stereocenters.